The number of benzene rings is 1. The molecule has 0 saturated heterocycles. The fourth-order valence-corrected chi connectivity index (χ4v) is 6.07. The Morgan fingerprint density at radius 1 is 1.22 bits per heavy atom. The number of hydrogen-bond acceptors (Lipinski definition) is 5. The number of allylic oxidation sites excluding steroid dienone is 2. The van der Waals surface area contributed by atoms with Crippen molar-refractivity contribution in [2.45, 2.75) is 63.5 Å². The molecular formula is C25H36N2O4S. The van der Waals surface area contributed by atoms with E-state index in [0.717, 1.165) is 19.3 Å². The molecule has 2 aliphatic rings. The van der Waals surface area contributed by atoms with Crippen molar-refractivity contribution >= 4 is 15.9 Å². The van der Waals surface area contributed by atoms with Gasteiger partial charge in [-0.25, -0.2) is 13.2 Å². The lowest BCUT2D eigenvalue weighted by Crippen LogP contribution is -2.46. The van der Waals surface area contributed by atoms with Gasteiger partial charge >= 0.3 is 6.09 Å². The lowest BCUT2D eigenvalue weighted by molar-refractivity contribution is 0.0298. The molecule has 6 nitrogen and oxygen atoms in total. The van der Waals surface area contributed by atoms with Crippen LogP contribution in [0.2, 0.25) is 0 Å². The highest BCUT2D eigenvalue weighted by atomic mass is 32.2. The van der Waals surface area contributed by atoms with Gasteiger partial charge in [0.05, 0.1) is 9.80 Å². The summed E-state index contributed by atoms with van der Waals surface area (Å²) in [5, 5.41) is 3.62. The van der Waals surface area contributed by atoms with Crippen LogP contribution in [0.25, 0.3) is 0 Å². The van der Waals surface area contributed by atoms with Crippen LogP contribution in [0.4, 0.5) is 4.79 Å². The smallest absolute Gasteiger partial charge is 0.410 e. The average molecular weight is 461 g/mol. The average Bonchev–Trinajstić information content (AvgIpc) is 2.73. The van der Waals surface area contributed by atoms with Crippen molar-refractivity contribution in [1.29, 1.82) is 0 Å². The van der Waals surface area contributed by atoms with Crippen molar-refractivity contribution in [3.05, 3.63) is 53.0 Å². The van der Waals surface area contributed by atoms with Gasteiger partial charge in [0, 0.05) is 32.1 Å². The topological polar surface area (TPSA) is 75.7 Å². The maximum atomic E-state index is 13.1. The van der Waals surface area contributed by atoms with Gasteiger partial charge < -0.3 is 15.0 Å². The molecule has 3 unspecified atom stereocenters. The molecule has 0 spiro atoms. The predicted molar refractivity (Wildman–Crippen MR) is 127 cm³/mol. The van der Waals surface area contributed by atoms with Crippen LogP contribution in [0.15, 0.2) is 57.9 Å². The van der Waals surface area contributed by atoms with E-state index in [2.05, 4.69) is 12.2 Å². The molecule has 3 rings (SSSR count). The number of likely N-dealkylation sites (N-methyl/N-ethyl adjacent to an activating group) is 1. The first-order valence-electron chi connectivity index (χ1n) is 11.4. The number of rotatable bonds is 6. The van der Waals surface area contributed by atoms with Gasteiger partial charge in [0.1, 0.15) is 5.60 Å². The molecule has 7 heteroatoms. The number of fused-ring (bicyclic) bond motifs is 1. The van der Waals surface area contributed by atoms with Gasteiger partial charge in [0.25, 0.3) is 0 Å². The molecule has 176 valence electrons. The summed E-state index contributed by atoms with van der Waals surface area (Å²) in [6.45, 7) is 8.89. The molecule has 0 radical (unpaired) electrons. The molecule has 1 amide bonds. The quantitative estimate of drug-likeness (QED) is 0.674. The molecule has 1 aromatic rings. The Morgan fingerprint density at radius 2 is 1.91 bits per heavy atom. The van der Waals surface area contributed by atoms with E-state index in [1.807, 2.05) is 39.0 Å². The van der Waals surface area contributed by atoms with E-state index in [4.69, 9.17) is 4.74 Å². The largest absolute Gasteiger partial charge is 0.444 e. The van der Waals surface area contributed by atoms with Crippen molar-refractivity contribution in [1.82, 2.24) is 10.2 Å². The van der Waals surface area contributed by atoms with E-state index in [0.29, 0.717) is 22.9 Å². The zero-order valence-corrected chi connectivity index (χ0v) is 20.6. The first kappa shape index (κ1) is 24.5. The van der Waals surface area contributed by atoms with Gasteiger partial charge in [-0.1, -0.05) is 36.8 Å². The van der Waals surface area contributed by atoms with E-state index >= 15 is 0 Å². The van der Waals surface area contributed by atoms with E-state index in [-0.39, 0.29) is 24.0 Å². The zero-order chi connectivity index (χ0) is 23.5. The van der Waals surface area contributed by atoms with Crippen molar-refractivity contribution < 1.29 is 17.9 Å². The summed E-state index contributed by atoms with van der Waals surface area (Å²) in [4.78, 5) is 14.5. The molecule has 0 bridgehead atoms. The molecule has 1 saturated carbocycles. The molecule has 3 atom stereocenters. The van der Waals surface area contributed by atoms with Crippen LogP contribution >= 0.6 is 0 Å². The number of nitrogens with one attached hydrogen (secondary N) is 1. The van der Waals surface area contributed by atoms with Crippen LogP contribution in [0, 0.1) is 11.8 Å². The lowest BCUT2D eigenvalue weighted by Gasteiger charge is -2.40. The predicted octanol–water partition coefficient (Wildman–Crippen LogP) is 4.55. The van der Waals surface area contributed by atoms with Gasteiger partial charge in [-0.2, -0.15) is 0 Å². The molecule has 2 aliphatic carbocycles. The molecule has 0 aromatic heterocycles. The first-order chi connectivity index (χ1) is 15.0. The van der Waals surface area contributed by atoms with Gasteiger partial charge in [-0.15, -0.1) is 0 Å². The van der Waals surface area contributed by atoms with Crippen molar-refractivity contribution in [2.24, 2.45) is 11.8 Å². The second kappa shape index (κ2) is 9.79. The van der Waals surface area contributed by atoms with Crippen LogP contribution in [0.1, 0.15) is 47.0 Å². The fraction of sp³-hybridized carbons (Fsp3) is 0.560. The summed E-state index contributed by atoms with van der Waals surface area (Å²) in [5.74, 6) is 0.384. The summed E-state index contributed by atoms with van der Waals surface area (Å²) >= 11 is 0. The van der Waals surface area contributed by atoms with E-state index in [1.54, 1.807) is 36.2 Å². The Morgan fingerprint density at radius 3 is 2.56 bits per heavy atom. The third kappa shape index (κ3) is 5.81. The number of carbonyl (C=O) groups excluding carboxylic acids is 1. The van der Waals surface area contributed by atoms with Crippen LogP contribution in [-0.4, -0.2) is 51.2 Å². The standard InChI is InChI=1S/C25H36N2O4S/c1-18-16-21(32(29,30)20-11-7-6-8-12-20)17-19-10-9-13-22(23(18)19)26-14-15-27(5)24(28)31-25(2,3)4/h6-8,11-12,16-18,22-23,26H,9-10,13-15H2,1-5H3. The zero-order valence-electron chi connectivity index (χ0n) is 19.8. The number of sulfone groups is 1. The van der Waals surface area contributed by atoms with Crippen LogP contribution in [-0.2, 0) is 14.6 Å². The molecule has 1 fully saturated rings. The Labute approximate surface area is 192 Å². The summed E-state index contributed by atoms with van der Waals surface area (Å²) in [6, 6.07) is 8.89. The third-order valence-electron chi connectivity index (χ3n) is 6.09. The summed E-state index contributed by atoms with van der Waals surface area (Å²) in [5.41, 5.74) is 0.697. The Kier molecular flexibility index (Phi) is 7.50. The molecule has 32 heavy (non-hydrogen) atoms. The summed E-state index contributed by atoms with van der Waals surface area (Å²) in [6.07, 6.45) is 6.46. The normalized spacial score (nSPS) is 23.6. The number of nitrogens with zero attached hydrogens (tertiary/aromatic N) is 1. The molecule has 1 aromatic carbocycles. The van der Waals surface area contributed by atoms with Gasteiger partial charge in [-0.05, 0) is 64.2 Å². The van der Waals surface area contributed by atoms with E-state index in [1.165, 1.54) is 5.57 Å². The second-order valence-electron chi connectivity index (χ2n) is 9.84. The molecule has 0 aliphatic heterocycles. The number of ether oxygens (including phenoxy) is 1. The lowest BCUT2D eigenvalue weighted by atomic mass is 9.71. The van der Waals surface area contributed by atoms with Crippen LogP contribution in [0.3, 0.4) is 0 Å². The minimum atomic E-state index is -3.51. The number of amides is 1. The van der Waals surface area contributed by atoms with Crippen molar-refractivity contribution in [3.8, 4) is 0 Å². The number of hydrogen-bond donors (Lipinski definition) is 1. The molecule has 0 heterocycles. The first-order valence-corrected chi connectivity index (χ1v) is 12.9. The van der Waals surface area contributed by atoms with Crippen molar-refractivity contribution in [3.63, 3.8) is 0 Å². The highest BCUT2D eigenvalue weighted by Crippen LogP contribution is 2.41. The Balaban J connectivity index is 1.65. The van der Waals surface area contributed by atoms with Crippen LogP contribution < -0.4 is 5.32 Å². The third-order valence-corrected chi connectivity index (χ3v) is 7.85. The number of carbonyl (C=O) groups is 1. The van der Waals surface area contributed by atoms with Crippen molar-refractivity contribution in [2.75, 3.05) is 20.1 Å². The Hall–Kier alpha value is -2.12. The van der Waals surface area contributed by atoms with Gasteiger partial charge in [0.15, 0.2) is 0 Å². The van der Waals surface area contributed by atoms with E-state index in [9.17, 15) is 13.2 Å². The van der Waals surface area contributed by atoms with E-state index < -0.39 is 15.4 Å². The minimum absolute atomic E-state index is 0.116. The molecular weight excluding hydrogens is 424 g/mol. The summed E-state index contributed by atoms with van der Waals surface area (Å²) < 4.78 is 31.7. The summed E-state index contributed by atoms with van der Waals surface area (Å²) in [7, 11) is -1.76. The van der Waals surface area contributed by atoms with Gasteiger partial charge in [0.2, 0.25) is 9.84 Å². The SMILES string of the molecule is CC1C=C(S(=O)(=O)c2ccccc2)C=C2CCCC(NCCN(C)C(=O)OC(C)(C)C)C21. The highest BCUT2D eigenvalue weighted by molar-refractivity contribution is 7.95. The maximum absolute atomic E-state index is 13.1. The Bertz CT molecular complexity index is 977. The monoisotopic (exact) mass is 460 g/mol. The van der Waals surface area contributed by atoms with Gasteiger partial charge in [-0.3, -0.25) is 0 Å². The molecule has 1 N–H and O–H groups in total. The second-order valence-corrected chi connectivity index (χ2v) is 11.8. The maximum Gasteiger partial charge on any atom is 0.410 e. The highest BCUT2D eigenvalue weighted by Gasteiger charge is 2.36. The van der Waals surface area contributed by atoms with Crippen LogP contribution in [0.5, 0.6) is 0 Å². The fourth-order valence-electron chi connectivity index (χ4n) is 4.58. The minimum Gasteiger partial charge on any atom is -0.444 e.